The molecule has 15 heavy (non-hydrogen) atoms. The lowest BCUT2D eigenvalue weighted by molar-refractivity contribution is -0.142. The predicted octanol–water partition coefficient (Wildman–Crippen LogP) is 1.51. The molecule has 1 rings (SSSR count). The summed E-state index contributed by atoms with van der Waals surface area (Å²) in [5, 5.41) is 0. The first-order valence-corrected chi connectivity index (χ1v) is 5.11. The fourth-order valence-electron chi connectivity index (χ4n) is 1.44. The van der Waals surface area contributed by atoms with Crippen molar-refractivity contribution in [2.45, 2.75) is 25.3 Å². The summed E-state index contributed by atoms with van der Waals surface area (Å²) in [5.74, 6) is -0.330. The molecule has 82 valence electrons. The van der Waals surface area contributed by atoms with E-state index in [9.17, 15) is 4.79 Å². The third-order valence-electron chi connectivity index (χ3n) is 2.33. The second kappa shape index (κ2) is 6.19. The Kier molecular flexibility index (Phi) is 4.84. The van der Waals surface area contributed by atoms with Gasteiger partial charge in [-0.3, -0.25) is 4.79 Å². The number of esters is 1. The van der Waals surface area contributed by atoms with Crippen molar-refractivity contribution in [2.24, 2.45) is 5.73 Å². The molecular weight excluding hydrogens is 190 g/mol. The fourth-order valence-corrected chi connectivity index (χ4v) is 1.44. The molecule has 3 heteroatoms. The molecular formula is C12H17NO2. The van der Waals surface area contributed by atoms with E-state index in [4.69, 9.17) is 5.73 Å². The molecule has 0 heterocycles. The Morgan fingerprint density at radius 3 is 2.67 bits per heavy atom. The predicted molar refractivity (Wildman–Crippen MR) is 59.4 cm³/mol. The maximum Gasteiger partial charge on any atom is 0.322 e. The Hall–Kier alpha value is -1.35. The average molecular weight is 207 g/mol. The van der Waals surface area contributed by atoms with Gasteiger partial charge in [-0.25, -0.2) is 0 Å². The van der Waals surface area contributed by atoms with Gasteiger partial charge in [-0.05, 0) is 24.8 Å². The highest BCUT2D eigenvalue weighted by molar-refractivity contribution is 5.75. The van der Waals surface area contributed by atoms with E-state index < -0.39 is 6.04 Å². The molecule has 1 aromatic carbocycles. The molecule has 0 fully saturated rings. The van der Waals surface area contributed by atoms with E-state index in [-0.39, 0.29) is 5.97 Å². The van der Waals surface area contributed by atoms with Crippen LogP contribution in [0.3, 0.4) is 0 Å². The number of aryl methyl sites for hydroxylation is 1. The number of rotatable bonds is 5. The van der Waals surface area contributed by atoms with Crippen LogP contribution in [0, 0.1) is 0 Å². The van der Waals surface area contributed by atoms with E-state index in [1.807, 2.05) is 18.2 Å². The number of carbonyl (C=O) groups excluding carboxylic acids is 1. The standard InChI is InChI=1S/C12H17NO2/c1-15-12(14)11(13)9-5-8-10-6-3-2-4-7-10/h2-4,6-7,11H,5,8-9,13H2,1H3. The number of benzene rings is 1. The molecule has 0 saturated heterocycles. The number of hydrogen-bond acceptors (Lipinski definition) is 3. The highest BCUT2D eigenvalue weighted by atomic mass is 16.5. The number of nitrogens with two attached hydrogens (primary N) is 1. The molecule has 0 aliphatic carbocycles. The minimum Gasteiger partial charge on any atom is -0.468 e. The summed E-state index contributed by atoms with van der Waals surface area (Å²) in [4.78, 5) is 11.0. The van der Waals surface area contributed by atoms with Crippen LogP contribution in [0.5, 0.6) is 0 Å². The third-order valence-corrected chi connectivity index (χ3v) is 2.33. The van der Waals surface area contributed by atoms with Crippen molar-refractivity contribution in [1.29, 1.82) is 0 Å². The largest absolute Gasteiger partial charge is 0.468 e. The second-order valence-electron chi connectivity index (χ2n) is 3.51. The highest BCUT2D eigenvalue weighted by Gasteiger charge is 2.12. The van der Waals surface area contributed by atoms with Crippen LogP contribution in [0.1, 0.15) is 18.4 Å². The number of hydrogen-bond donors (Lipinski definition) is 1. The highest BCUT2D eigenvalue weighted by Crippen LogP contribution is 2.06. The average Bonchev–Trinajstić information content (AvgIpc) is 2.29. The zero-order valence-electron chi connectivity index (χ0n) is 8.98. The van der Waals surface area contributed by atoms with Gasteiger partial charge in [-0.1, -0.05) is 30.3 Å². The van der Waals surface area contributed by atoms with E-state index >= 15 is 0 Å². The van der Waals surface area contributed by atoms with Gasteiger partial charge in [0.25, 0.3) is 0 Å². The van der Waals surface area contributed by atoms with Crippen molar-refractivity contribution in [3.05, 3.63) is 35.9 Å². The zero-order chi connectivity index (χ0) is 11.1. The van der Waals surface area contributed by atoms with Crippen LogP contribution >= 0.6 is 0 Å². The topological polar surface area (TPSA) is 52.3 Å². The molecule has 1 aromatic rings. The fraction of sp³-hybridized carbons (Fsp3) is 0.417. The van der Waals surface area contributed by atoms with Crippen LogP contribution in [0.4, 0.5) is 0 Å². The quantitative estimate of drug-likeness (QED) is 0.744. The molecule has 1 atom stereocenters. The van der Waals surface area contributed by atoms with Gasteiger partial charge >= 0.3 is 5.97 Å². The third kappa shape index (κ3) is 4.13. The van der Waals surface area contributed by atoms with Gasteiger partial charge < -0.3 is 10.5 Å². The summed E-state index contributed by atoms with van der Waals surface area (Å²) in [6.07, 6.45) is 2.52. The van der Waals surface area contributed by atoms with Crippen molar-refractivity contribution < 1.29 is 9.53 Å². The van der Waals surface area contributed by atoms with Gasteiger partial charge in [-0.2, -0.15) is 0 Å². The van der Waals surface area contributed by atoms with Gasteiger partial charge in [0, 0.05) is 0 Å². The number of carbonyl (C=O) groups is 1. The molecule has 0 bridgehead atoms. The Labute approximate surface area is 90.2 Å². The summed E-state index contributed by atoms with van der Waals surface area (Å²) in [7, 11) is 1.36. The molecule has 2 N–H and O–H groups in total. The van der Waals surface area contributed by atoms with Crippen LogP contribution in [0.15, 0.2) is 30.3 Å². The van der Waals surface area contributed by atoms with Crippen LogP contribution < -0.4 is 5.73 Å². The monoisotopic (exact) mass is 207 g/mol. The van der Waals surface area contributed by atoms with E-state index in [0.717, 1.165) is 12.8 Å². The number of ether oxygens (including phenoxy) is 1. The maximum atomic E-state index is 11.0. The molecule has 0 aromatic heterocycles. The normalized spacial score (nSPS) is 12.1. The van der Waals surface area contributed by atoms with Gasteiger partial charge in [0.15, 0.2) is 0 Å². The lowest BCUT2D eigenvalue weighted by Crippen LogP contribution is -2.31. The van der Waals surface area contributed by atoms with E-state index in [0.29, 0.717) is 6.42 Å². The lowest BCUT2D eigenvalue weighted by atomic mass is 10.1. The van der Waals surface area contributed by atoms with Crippen molar-refractivity contribution in [2.75, 3.05) is 7.11 Å². The summed E-state index contributed by atoms with van der Waals surface area (Å²) in [6.45, 7) is 0. The molecule has 0 radical (unpaired) electrons. The molecule has 3 nitrogen and oxygen atoms in total. The molecule has 1 unspecified atom stereocenters. The summed E-state index contributed by atoms with van der Waals surface area (Å²) >= 11 is 0. The van der Waals surface area contributed by atoms with Crippen LogP contribution in [0.2, 0.25) is 0 Å². The van der Waals surface area contributed by atoms with Crippen LogP contribution in [-0.2, 0) is 16.0 Å². The molecule has 0 aliphatic rings. The molecule has 0 saturated carbocycles. The first-order valence-electron chi connectivity index (χ1n) is 5.11. The van der Waals surface area contributed by atoms with Crippen LogP contribution in [-0.4, -0.2) is 19.1 Å². The SMILES string of the molecule is COC(=O)C(N)CCCc1ccccc1. The van der Waals surface area contributed by atoms with E-state index in [1.165, 1.54) is 12.7 Å². The van der Waals surface area contributed by atoms with Crippen molar-refractivity contribution >= 4 is 5.97 Å². The van der Waals surface area contributed by atoms with Crippen LogP contribution in [0.25, 0.3) is 0 Å². The summed E-state index contributed by atoms with van der Waals surface area (Å²) in [5.41, 5.74) is 6.89. The first-order chi connectivity index (χ1) is 7.24. The zero-order valence-corrected chi connectivity index (χ0v) is 8.98. The number of methoxy groups -OCH3 is 1. The first kappa shape index (κ1) is 11.7. The summed E-state index contributed by atoms with van der Waals surface area (Å²) in [6, 6.07) is 9.67. The Bertz CT molecular complexity index is 298. The Morgan fingerprint density at radius 1 is 1.40 bits per heavy atom. The summed E-state index contributed by atoms with van der Waals surface area (Å²) < 4.78 is 4.55. The lowest BCUT2D eigenvalue weighted by Gasteiger charge is -2.08. The van der Waals surface area contributed by atoms with E-state index in [2.05, 4.69) is 16.9 Å². The minimum atomic E-state index is -0.487. The van der Waals surface area contributed by atoms with Crippen molar-refractivity contribution in [3.8, 4) is 0 Å². The van der Waals surface area contributed by atoms with Gasteiger partial charge in [-0.15, -0.1) is 0 Å². The smallest absolute Gasteiger partial charge is 0.322 e. The second-order valence-corrected chi connectivity index (χ2v) is 3.51. The van der Waals surface area contributed by atoms with Crippen molar-refractivity contribution in [3.63, 3.8) is 0 Å². The van der Waals surface area contributed by atoms with Crippen molar-refractivity contribution in [1.82, 2.24) is 0 Å². The molecule has 0 amide bonds. The van der Waals surface area contributed by atoms with Gasteiger partial charge in [0.2, 0.25) is 0 Å². The molecule has 0 spiro atoms. The van der Waals surface area contributed by atoms with E-state index in [1.54, 1.807) is 0 Å². The molecule has 0 aliphatic heterocycles. The Morgan fingerprint density at radius 2 is 2.07 bits per heavy atom. The minimum absolute atomic E-state index is 0.330. The van der Waals surface area contributed by atoms with Gasteiger partial charge in [0.05, 0.1) is 7.11 Å². The Balaban J connectivity index is 2.25. The van der Waals surface area contributed by atoms with Gasteiger partial charge in [0.1, 0.15) is 6.04 Å². The maximum absolute atomic E-state index is 11.0.